The van der Waals surface area contributed by atoms with Crippen molar-refractivity contribution in [3.63, 3.8) is 0 Å². The van der Waals surface area contributed by atoms with Crippen LogP contribution in [0.4, 0.5) is 5.69 Å². The van der Waals surface area contributed by atoms with Crippen LogP contribution < -0.4 is 10.5 Å². The zero-order chi connectivity index (χ0) is 23.7. The predicted molar refractivity (Wildman–Crippen MR) is 125 cm³/mol. The van der Waals surface area contributed by atoms with E-state index in [2.05, 4.69) is 6.92 Å². The lowest BCUT2D eigenvalue weighted by molar-refractivity contribution is 0.0602. The second-order valence-electron chi connectivity index (χ2n) is 7.77. The molecule has 2 aromatic carbocycles. The molecule has 2 aromatic rings. The molecule has 0 radical (unpaired) electrons. The van der Waals surface area contributed by atoms with Crippen molar-refractivity contribution < 1.29 is 27.8 Å². The molecular weight excluding hydrogens is 430 g/mol. The van der Waals surface area contributed by atoms with E-state index < -0.39 is 27.0 Å². The van der Waals surface area contributed by atoms with Crippen molar-refractivity contribution in [1.29, 1.82) is 0 Å². The largest absolute Gasteiger partial charge is 0.497 e. The van der Waals surface area contributed by atoms with Gasteiger partial charge < -0.3 is 20.3 Å². The molecular formula is C24H33NO6S. The first-order valence-electron chi connectivity index (χ1n) is 10.7. The minimum Gasteiger partial charge on any atom is -0.497 e. The Morgan fingerprint density at radius 3 is 2.34 bits per heavy atom. The highest BCUT2D eigenvalue weighted by Gasteiger charge is 2.35. The number of anilines is 1. The van der Waals surface area contributed by atoms with E-state index in [1.807, 2.05) is 0 Å². The Balaban J connectivity index is 2.50. The molecule has 0 aliphatic rings. The summed E-state index contributed by atoms with van der Waals surface area (Å²) in [7, 11) is -1.04. The summed E-state index contributed by atoms with van der Waals surface area (Å²) < 4.78 is 37.3. The third kappa shape index (κ3) is 6.01. The maximum atomic E-state index is 13.7. The summed E-state index contributed by atoms with van der Waals surface area (Å²) in [4.78, 5) is 12.2. The van der Waals surface area contributed by atoms with E-state index in [0.29, 0.717) is 17.7 Å². The van der Waals surface area contributed by atoms with Gasteiger partial charge in [-0.05, 0) is 54.7 Å². The van der Waals surface area contributed by atoms with Gasteiger partial charge in [-0.1, -0.05) is 38.3 Å². The van der Waals surface area contributed by atoms with E-state index in [9.17, 15) is 18.3 Å². The highest BCUT2D eigenvalue weighted by molar-refractivity contribution is 7.92. The molecule has 32 heavy (non-hydrogen) atoms. The number of esters is 1. The van der Waals surface area contributed by atoms with Crippen molar-refractivity contribution in [1.82, 2.24) is 0 Å². The van der Waals surface area contributed by atoms with Crippen molar-refractivity contribution in [2.45, 2.75) is 49.2 Å². The number of nitrogens with two attached hydrogens (primary N) is 1. The fraction of sp³-hybridized carbons (Fsp3) is 0.458. The average molecular weight is 464 g/mol. The molecule has 176 valence electrons. The van der Waals surface area contributed by atoms with Crippen molar-refractivity contribution in [3.8, 4) is 5.75 Å². The minimum atomic E-state index is -3.82. The highest BCUT2D eigenvalue weighted by Crippen LogP contribution is 2.31. The van der Waals surface area contributed by atoms with Crippen LogP contribution in [0.2, 0.25) is 0 Å². The molecule has 0 spiro atoms. The molecule has 0 aromatic heterocycles. The first-order valence-corrected chi connectivity index (χ1v) is 12.3. The number of ether oxygens (including phenoxy) is 2. The van der Waals surface area contributed by atoms with Crippen molar-refractivity contribution in [2.75, 3.05) is 26.6 Å². The summed E-state index contributed by atoms with van der Waals surface area (Å²) in [6.45, 7) is 1.80. The van der Waals surface area contributed by atoms with Crippen LogP contribution in [0.25, 0.3) is 0 Å². The number of sulfone groups is 1. The smallest absolute Gasteiger partial charge is 0.339 e. The summed E-state index contributed by atoms with van der Waals surface area (Å²) in [5.41, 5.74) is 7.13. The number of methoxy groups -OCH3 is 2. The highest BCUT2D eigenvalue weighted by atomic mass is 32.2. The van der Waals surface area contributed by atoms with Gasteiger partial charge in [0.05, 0.1) is 29.9 Å². The number of aliphatic hydroxyl groups is 1. The van der Waals surface area contributed by atoms with Crippen LogP contribution in [0.1, 0.15) is 48.5 Å². The first kappa shape index (κ1) is 25.7. The van der Waals surface area contributed by atoms with E-state index in [1.54, 1.807) is 30.3 Å². The third-order valence-electron chi connectivity index (χ3n) is 5.75. The summed E-state index contributed by atoms with van der Waals surface area (Å²) >= 11 is 0. The molecule has 8 heteroatoms. The Hall–Kier alpha value is -2.58. The molecule has 2 rings (SSSR count). The zero-order valence-electron chi connectivity index (χ0n) is 18.9. The molecule has 0 heterocycles. The van der Waals surface area contributed by atoms with Gasteiger partial charge in [-0.15, -0.1) is 0 Å². The van der Waals surface area contributed by atoms with E-state index in [4.69, 9.17) is 15.2 Å². The van der Waals surface area contributed by atoms with Crippen LogP contribution in [-0.2, 0) is 21.0 Å². The van der Waals surface area contributed by atoms with E-state index >= 15 is 0 Å². The molecule has 3 N–H and O–H groups in total. The molecule has 0 saturated heterocycles. The second kappa shape index (κ2) is 11.9. The van der Waals surface area contributed by atoms with E-state index in [0.717, 1.165) is 19.3 Å². The van der Waals surface area contributed by atoms with Gasteiger partial charge in [-0.2, -0.15) is 0 Å². The number of hydrogen-bond acceptors (Lipinski definition) is 7. The van der Waals surface area contributed by atoms with Crippen molar-refractivity contribution in [3.05, 3.63) is 53.6 Å². The normalized spacial score (nSPS) is 13.4. The molecule has 0 bridgehead atoms. The van der Waals surface area contributed by atoms with Crippen LogP contribution in [0.15, 0.2) is 47.4 Å². The van der Waals surface area contributed by atoms with Crippen LogP contribution in [-0.4, -0.2) is 45.6 Å². The zero-order valence-corrected chi connectivity index (χ0v) is 19.7. The maximum absolute atomic E-state index is 13.7. The minimum absolute atomic E-state index is 0.0718. The average Bonchev–Trinajstić information content (AvgIpc) is 2.81. The summed E-state index contributed by atoms with van der Waals surface area (Å²) in [5, 5.41) is 9.22. The van der Waals surface area contributed by atoms with E-state index in [-0.39, 0.29) is 29.2 Å². The van der Waals surface area contributed by atoms with Gasteiger partial charge in [0.2, 0.25) is 0 Å². The molecule has 0 saturated carbocycles. The Labute approximate surface area is 190 Å². The number of carbonyl (C=O) groups is 1. The number of hydrogen-bond donors (Lipinski definition) is 2. The van der Waals surface area contributed by atoms with Gasteiger partial charge in [0, 0.05) is 12.3 Å². The topological polar surface area (TPSA) is 116 Å². The van der Waals surface area contributed by atoms with Gasteiger partial charge in [-0.3, -0.25) is 0 Å². The molecule has 2 atom stereocenters. The molecule has 0 fully saturated rings. The fourth-order valence-electron chi connectivity index (χ4n) is 3.82. The number of nitrogen functional groups attached to an aromatic ring is 1. The van der Waals surface area contributed by atoms with Crippen LogP contribution in [0, 0.1) is 5.92 Å². The molecule has 0 amide bonds. The number of unbranched alkanes of at least 4 members (excludes halogenated alkanes) is 2. The number of benzene rings is 2. The predicted octanol–water partition coefficient (Wildman–Crippen LogP) is 3.64. The quantitative estimate of drug-likeness (QED) is 0.280. The molecule has 7 nitrogen and oxygen atoms in total. The lowest BCUT2D eigenvalue weighted by atomic mass is 9.92. The van der Waals surface area contributed by atoms with Crippen LogP contribution >= 0.6 is 0 Å². The number of aliphatic hydroxyl groups excluding tert-OH is 1. The summed E-state index contributed by atoms with van der Waals surface area (Å²) in [6, 6.07) is 11.1. The van der Waals surface area contributed by atoms with E-state index in [1.165, 1.54) is 26.4 Å². The summed E-state index contributed by atoms with van der Waals surface area (Å²) in [6.07, 6.45) is 3.39. The second-order valence-corrected chi connectivity index (χ2v) is 9.94. The van der Waals surface area contributed by atoms with Crippen molar-refractivity contribution in [2.24, 2.45) is 5.92 Å². The van der Waals surface area contributed by atoms with Gasteiger partial charge >= 0.3 is 5.97 Å². The monoisotopic (exact) mass is 463 g/mol. The third-order valence-corrected chi connectivity index (χ3v) is 8.03. The molecule has 0 aliphatic carbocycles. The van der Waals surface area contributed by atoms with Gasteiger partial charge in [0.25, 0.3) is 0 Å². The van der Waals surface area contributed by atoms with Gasteiger partial charge in [0.1, 0.15) is 5.75 Å². The van der Waals surface area contributed by atoms with Gasteiger partial charge in [0.15, 0.2) is 9.84 Å². The SMILES string of the molecule is CCCCCC(CO)C(Cc1cccc(C(=O)OC)c1N)S(=O)(=O)c1ccc(OC)cc1. The standard InChI is InChI=1S/C24H33NO6S/c1-4-5-6-8-18(16-26)22(32(28,29)20-13-11-19(30-2)12-14-20)15-17-9-7-10-21(23(17)25)24(27)31-3/h7,9-14,18,22,26H,4-6,8,15-16,25H2,1-3H3. The first-order chi connectivity index (χ1) is 15.3. The van der Waals surface area contributed by atoms with Crippen LogP contribution in [0.3, 0.4) is 0 Å². The molecule has 2 unspecified atom stereocenters. The van der Waals surface area contributed by atoms with Crippen LogP contribution in [0.5, 0.6) is 5.75 Å². The Kier molecular flexibility index (Phi) is 9.53. The number of carbonyl (C=O) groups excluding carboxylic acids is 1. The lowest BCUT2D eigenvalue weighted by Crippen LogP contribution is -2.35. The fourth-order valence-corrected chi connectivity index (χ4v) is 5.81. The Morgan fingerprint density at radius 2 is 1.78 bits per heavy atom. The molecule has 0 aliphatic heterocycles. The summed E-state index contributed by atoms with van der Waals surface area (Å²) in [5.74, 6) is -0.507. The van der Waals surface area contributed by atoms with Gasteiger partial charge in [-0.25, -0.2) is 13.2 Å². The van der Waals surface area contributed by atoms with Crippen molar-refractivity contribution >= 4 is 21.5 Å². The Morgan fingerprint density at radius 1 is 1.09 bits per heavy atom. The lowest BCUT2D eigenvalue weighted by Gasteiger charge is -2.27. The number of rotatable bonds is 12. The maximum Gasteiger partial charge on any atom is 0.339 e. The Bertz CT molecular complexity index is 988. The number of para-hydroxylation sites is 1.